The molecule has 0 aliphatic rings. The second-order valence-corrected chi connectivity index (χ2v) is 5.25. The monoisotopic (exact) mass is 278 g/mol. The number of hydrogen-bond acceptors (Lipinski definition) is 2. The first-order valence-electron chi connectivity index (χ1n) is 7.10. The van der Waals surface area contributed by atoms with Gasteiger partial charge in [0.25, 0.3) is 5.56 Å². The lowest BCUT2D eigenvalue weighted by molar-refractivity contribution is 0.688. The number of aromatic amines is 1. The van der Waals surface area contributed by atoms with Crippen molar-refractivity contribution in [3.63, 3.8) is 0 Å². The molecule has 0 aliphatic heterocycles. The van der Waals surface area contributed by atoms with Crippen molar-refractivity contribution in [1.82, 2.24) is 10.3 Å². The predicted molar refractivity (Wildman–Crippen MR) is 86.3 cm³/mol. The van der Waals surface area contributed by atoms with Crippen molar-refractivity contribution in [2.75, 3.05) is 0 Å². The number of hydrogen-bond donors (Lipinski definition) is 2. The highest BCUT2D eigenvalue weighted by Gasteiger charge is 2.04. The van der Waals surface area contributed by atoms with Crippen LogP contribution in [0.25, 0.3) is 10.9 Å². The first-order valence-corrected chi connectivity index (χ1v) is 7.10. The molecule has 3 heteroatoms. The minimum atomic E-state index is -0.0163. The Morgan fingerprint density at radius 3 is 2.62 bits per heavy atom. The van der Waals surface area contributed by atoms with E-state index in [-0.39, 0.29) is 5.56 Å². The third-order valence-electron chi connectivity index (χ3n) is 3.65. The Kier molecular flexibility index (Phi) is 3.84. The van der Waals surface area contributed by atoms with Crippen molar-refractivity contribution in [2.24, 2.45) is 0 Å². The first kappa shape index (κ1) is 13.6. The van der Waals surface area contributed by atoms with Gasteiger partial charge in [0.05, 0.1) is 5.52 Å². The molecule has 0 radical (unpaired) electrons. The largest absolute Gasteiger partial charge is 0.321 e. The zero-order chi connectivity index (χ0) is 14.7. The number of rotatable bonds is 4. The van der Waals surface area contributed by atoms with Gasteiger partial charge in [0.15, 0.2) is 0 Å². The van der Waals surface area contributed by atoms with Crippen molar-refractivity contribution in [3.8, 4) is 0 Å². The lowest BCUT2D eigenvalue weighted by atomic mass is 10.1. The number of pyridine rings is 1. The Bertz CT molecular complexity index is 806. The van der Waals surface area contributed by atoms with Gasteiger partial charge >= 0.3 is 0 Å². The van der Waals surface area contributed by atoms with Gasteiger partial charge in [-0.15, -0.1) is 0 Å². The molecule has 21 heavy (non-hydrogen) atoms. The van der Waals surface area contributed by atoms with Crippen LogP contribution in [0.3, 0.4) is 0 Å². The Labute approximate surface area is 123 Å². The number of H-pyrrole nitrogens is 1. The molecule has 0 atom stereocenters. The summed E-state index contributed by atoms with van der Waals surface area (Å²) in [5.74, 6) is 0. The van der Waals surface area contributed by atoms with Gasteiger partial charge in [-0.05, 0) is 29.5 Å². The van der Waals surface area contributed by atoms with E-state index >= 15 is 0 Å². The molecule has 2 aromatic carbocycles. The molecule has 1 aromatic heterocycles. The van der Waals surface area contributed by atoms with Crippen molar-refractivity contribution >= 4 is 10.9 Å². The molecule has 0 amide bonds. The summed E-state index contributed by atoms with van der Waals surface area (Å²) in [6.07, 6.45) is 0. The number of nitrogens with one attached hydrogen (secondary N) is 2. The SMILES string of the molecule is Cc1cccc2cc(CNCc3ccccc3)c(=O)[nH]c12. The molecular weight excluding hydrogens is 260 g/mol. The highest BCUT2D eigenvalue weighted by molar-refractivity contribution is 5.81. The second-order valence-electron chi connectivity index (χ2n) is 5.25. The molecule has 0 unspecified atom stereocenters. The lowest BCUT2D eigenvalue weighted by Gasteiger charge is -2.07. The van der Waals surface area contributed by atoms with Crippen molar-refractivity contribution < 1.29 is 0 Å². The van der Waals surface area contributed by atoms with Crippen LogP contribution in [-0.2, 0) is 13.1 Å². The Morgan fingerprint density at radius 2 is 1.81 bits per heavy atom. The molecule has 0 bridgehead atoms. The highest BCUT2D eigenvalue weighted by Crippen LogP contribution is 2.14. The molecule has 3 rings (SSSR count). The van der Waals surface area contributed by atoms with Crippen LogP contribution in [0.5, 0.6) is 0 Å². The van der Waals surface area contributed by atoms with Crippen molar-refractivity contribution in [3.05, 3.63) is 81.6 Å². The Morgan fingerprint density at radius 1 is 1.00 bits per heavy atom. The van der Waals surface area contributed by atoms with E-state index in [9.17, 15) is 4.79 Å². The molecule has 0 fully saturated rings. The molecule has 2 N–H and O–H groups in total. The smallest absolute Gasteiger partial charge is 0.252 e. The van der Waals surface area contributed by atoms with Gasteiger partial charge in [0.1, 0.15) is 0 Å². The maximum Gasteiger partial charge on any atom is 0.252 e. The number of aromatic nitrogens is 1. The molecule has 3 aromatic rings. The van der Waals surface area contributed by atoms with Crippen LogP contribution in [0.15, 0.2) is 59.4 Å². The standard InChI is InChI=1S/C18H18N2O/c1-13-6-5-9-15-10-16(18(21)20-17(13)15)12-19-11-14-7-3-2-4-8-14/h2-10,19H,11-12H2,1H3,(H,20,21). The fourth-order valence-corrected chi connectivity index (χ4v) is 2.50. The molecule has 3 nitrogen and oxygen atoms in total. The number of para-hydroxylation sites is 1. The summed E-state index contributed by atoms with van der Waals surface area (Å²) < 4.78 is 0. The summed E-state index contributed by atoms with van der Waals surface area (Å²) in [5, 5.41) is 4.39. The maximum absolute atomic E-state index is 12.1. The van der Waals surface area contributed by atoms with Gasteiger partial charge in [-0.3, -0.25) is 4.79 Å². The first-order chi connectivity index (χ1) is 10.2. The van der Waals surface area contributed by atoms with Crippen molar-refractivity contribution in [2.45, 2.75) is 20.0 Å². The zero-order valence-corrected chi connectivity index (χ0v) is 12.0. The predicted octanol–water partition coefficient (Wildman–Crippen LogP) is 3.13. The summed E-state index contributed by atoms with van der Waals surface area (Å²) >= 11 is 0. The Balaban J connectivity index is 1.78. The van der Waals surface area contributed by atoms with Gasteiger partial charge in [-0.1, -0.05) is 48.5 Å². The number of aryl methyl sites for hydroxylation is 1. The normalized spacial score (nSPS) is 10.9. The van der Waals surface area contributed by atoms with Crippen LogP contribution in [0.1, 0.15) is 16.7 Å². The zero-order valence-electron chi connectivity index (χ0n) is 12.0. The topological polar surface area (TPSA) is 44.9 Å². The molecule has 0 spiro atoms. The lowest BCUT2D eigenvalue weighted by Crippen LogP contribution is -2.20. The number of benzene rings is 2. The van der Waals surface area contributed by atoms with E-state index in [1.165, 1.54) is 5.56 Å². The van der Waals surface area contributed by atoms with E-state index < -0.39 is 0 Å². The third-order valence-corrected chi connectivity index (χ3v) is 3.65. The van der Waals surface area contributed by atoms with E-state index in [1.807, 2.05) is 49.4 Å². The van der Waals surface area contributed by atoms with E-state index in [1.54, 1.807) is 0 Å². The van der Waals surface area contributed by atoms with E-state index in [0.717, 1.165) is 28.6 Å². The van der Waals surface area contributed by atoms with Gasteiger partial charge in [-0.2, -0.15) is 0 Å². The summed E-state index contributed by atoms with van der Waals surface area (Å²) in [6.45, 7) is 3.33. The van der Waals surface area contributed by atoms with Gasteiger partial charge in [0, 0.05) is 18.7 Å². The molecule has 106 valence electrons. The van der Waals surface area contributed by atoms with Gasteiger partial charge in [-0.25, -0.2) is 0 Å². The highest BCUT2D eigenvalue weighted by atomic mass is 16.1. The van der Waals surface area contributed by atoms with E-state index in [4.69, 9.17) is 0 Å². The summed E-state index contributed by atoms with van der Waals surface area (Å²) in [6, 6.07) is 18.2. The molecule has 0 saturated carbocycles. The third kappa shape index (κ3) is 3.03. The fraction of sp³-hybridized carbons (Fsp3) is 0.167. The summed E-state index contributed by atoms with van der Waals surface area (Å²) in [5.41, 5.74) is 3.98. The second kappa shape index (κ2) is 5.94. The van der Waals surface area contributed by atoms with E-state index in [0.29, 0.717) is 6.54 Å². The molecule has 0 aliphatic carbocycles. The van der Waals surface area contributed by atoms with Crippen LogP contribution in [0.2, 0.25) is 0 Å². The van der Waals surface area contributed by atoms with Crippen LogP contribution in [0.4, 0.5) is 0 Å². The Hall–Kier alpha value is -2.39. The van der Waals surface area contributed by atoms with Gasteiger partial charge in [0.2, 0.25) is 0 Å². The summed E-state index contributed by atoms with van der Waals surface area (Å²) in [7, 11) is 0. The fourth-order valence-electron chi connectivity index (χ4n) is 2.50. The molecule has 0 saturated heterocycles. The van der Waals surface area contributed by atoms with Crippen LogP contribution in [-0.4, -0.2) is 4.98 Å². The number of fused-ring (bicyclic) bond motifs is 1. The van der Waals surface area contributed by atoms with Crippen molar-refractivity contribution in [1.29, 1.82) is 0 Å². The summed E-state index contributed by atoms with van der Waals surface area (Å²) in [4.78, 5) is 15.1. The quantitative estimate of drug-likeness (QED) is 0.770. The van der Waals surface area contributed by atoms with E-state index in [2.05, 4.69) is 22.4 Å². The maximum atomic E-state index is 12.1. The van der Waals surface area contributed by atoms with Crippen LogP contribution < -0.4 is 10.9 Å². The minimum absolute atomic E-state index is 0.0163. The van der Waals surface area contributed by atoms with Gasteiger partial charge < -0.3 is 10.3 Å². The average molecular weight is 278 g/mol. The average Bonchev–Trinajstić information content (AvgIpc) is 2.50. The molecular formula is C18H18N2O. The van der Waals surface area contributed by atoms with Crippen LogP contribution >= 0.6 is 0 Å². The minimum Gasteiger partial charge on any atom is -0.321 e. The molecule has 1 heterocycles. The van der Waals surface area contributed by atoms with Crippen LogP contribution in [0, 0.1) is 6.92 Å².